The van der Waals surface area contributed by atoms with Gasteiger partial charge in [-0.25, -0.2) is 13.8 Å². The van der Waals surface area contributed by atoms with Crippen LogP contribution >= 0.6 is 0 Å². The molecule has 0 spiro atoms. The van der Waals surface area contributed by atoms with E-state index >= 15 is 0 Å². The van der Waals surface area contributed by atoms with E-state index in [2.05, 4.69) is 26.7 Å². The van der Waals surface area contributed by atoms with E-state index < -0.39 is 30.0 Å². The van der Waals surface area contributed by atoms with Crippen molar-refractivity contribution >= 4 is 23.2 Å². The van der Waals surface area contributed by atoms with E-state index in [0.717, 1.165) is 42.2 Å². The first-order valence-electron chi connectivity index (χ1n) is 9.98. The SMILES string of the molecule is COc1cc(F)c(N2COc3nc(Nc4ccc5c(c4)CNCC5)ncc3C2=O)c(F)c1. The summed E-state index contributed by atoms with van der Waals surface area (Å²) in [6, 6.07) is 8.02. The van der Waals surface area contributed by atoms with E-state index in [0.29, 0.717) is 0 Å². The lowest BCUT2D eigenvalue weighted by molar-refractivity contribution is 0.0929. The molecule has 10 heteroatoms. The zero-order valence-corrected chi connectivity index (χ0v) is 17.1. The maximum Gasteiger partial charge on any atom is 0.268 e. The van der Waals surface area contributed by atoms with E-state index in [1.165, 1.54) is 24.4 Å². The first kappa shape index (κ1) is 20.1. The number of methoxy groups -OCH3 is 1. The number of ether oxygens (including phenoxy) is 2. The highest BCUT2D eigenvalue weighted by Gasteiger charge is 2.32. The maximum absolute atomic E-state index is 14.4. The molecule has 164 valence electrons. The van der Waals surface area contributed by atoms with Gasteiger partial charge in [0.25, 0.3) is 5.91 Å². The third-order valence-corrected chi connectivity index (χ3v) is 5.40. The zero-order valence-electron chi connectivity index (χ0n) is 17.1. The number of carbonyl (C=O) groups is 1. The molecule has 1 aromatic heterocycles. The Morgan fingerprint density at radius 3 is 2.78 bits per heavy atom. The molecule has 0 fully saturated rings. The number of carbonyl (C=O) groups excluding carboxylic acids is 1. The van der Waals surface area contributed by atoms with Crippen LogP contribution < -0.4 is 25.0 Å². The lowest BCUT2D eigenvalue weighted by Gasteiger charge is -2.28. The highest BCUT2D eigenvalue weighted by Crippen LogP contribution is 2.33. The van der Waals surface area contributed by atoms with Gasteiger partial charge in [0.2, 0.25) is 11.8 Å². The molecule has 2 aliphatic heterocycles. The van der Waals surface area contributed by atoms with Gasteiger partial charge in [-0.1, -0.05) is 6.07 Å². The Labute approximate surface area is 182 Å². The Morgan fingerprint density at radius 2 is 2.00 bits per heavy atom. The number of hydrogen-bond donors (Lipinski definition) is 2. The number of benzene rings is 2. The highest BCUT2D eigenvalue weighted by molar-refractivity contribution is 6.08. The second kappa shape index (κ2) is 8.04. The van der Waals surface area contributed by atoms with E-state index in [-0.39, 0.29) is 23.1 Å². The molecule has 0 bridgehead atoms. The maximum atomic E-state index is 14.4. The molecule has 3 aromatic rings. The van der Waals surface area contributed by atoms with E-state index in [4.69, 9.17) is 9.47 Å². The van der Waals surface area contributed by atoms with E-state index in [1.807, 2.05) is 12.1 Å². The van der Waals surface area contributed by atoms with Gasteiger partial charge in [0, 0.05) is 30.6 Å². The third kappa shape index (κ3) is 3.58. The topological polar surface area (TPSA) is 88.6 Å². The number of fused-ring (bicyclic) bond motifs is 2. The Kier molecular flexibility index (Phi) is 5.06. The summed E-state index contributed by atoms with van der Waals surface area (Å²) < 4.78 is 39.3. The minimum absolute atomic E-state index is 0.00561. The Morgan fingerprint density at radius 1 is 1.19 bits per heavy atom. The summed E-state index contributed by atoms with van der Waals surface area (Å²) in [5, 5.41) is 6.43. The van der Waals surface area contributed by atoms with Crippen molar-refractivity contribution < 1.29 is 23.0 Å². The van der Waals surface area contributed by atoms with Gasteiger partial charge in [0.15, 0.2) is 18.4 Å². The van der Waals surface area contributed by atoms with Crippen LogP contribution in [0.15, 0.2) is 36.5 Å². The Hall–Kier alpha value is -3.79. The highest BCUT2D eigenvalue weighted by atomic mass is 19.1. The van der Waals surface area contributed by atoms with Crippen molar-refractivity contribution in [1.82, 2.24) is 15.3 Å². The van der Waals surface area contributed by atoms with Crippen LogP contribution in [0, 0.1) is 11.6 Å². The number of anilines is 3. The summed E-state index contributed by atoms with van der Waals surface area (Å²) in [7, 11) is 1.29. The Balaban J connectivity index is 1.39. The average molecular weight is 439 g/mol. The van der Waals surface area contributed by atoms with Gasteiger partial charge in [0.05, 0.1) is 7.11 Å². The summed E-state index contributed by atoms with van der Waals surface area (Å²) in [6.07, 6.45) is 2.26. The second-order valence-corrected chi connectivity index (χ2v) is 7.39. The summed E-state index contributed by atoms with van der Waals surface area (Å²) in [6.45, 7) is 1.36. The predicted molar refractivity (Wildman–Crippen MR) is 112 cm³/mol. The number of halogens is 2. The Bertz CT molecular complexity index is 1200. The fraction of sp³-hybridized carbons (Fsp3) is 0.227. The van der Waals surface area contributed by atoms with Crippen LogP contribution in [0.4, 0.5) is 26.1 Å². The quantitative estimate of drug-likeness (QED) is 0.646. The largest absolute Gasteiger partial charge is 0.497 e. The molecule has 0 saturated heterocycles. The van der Waals surface area contributed by atoms with Gasteiger partial charge in [0.1, 0.15) is 17.0 Å². The summed E-state index contributed by atoms with van der Waals surface area (Å²) in [4.78, 5) is 22.2. The van der Waals surface area contributed by atoms with Crippen LogP contribution in [0.5, 0.6) is 11.6 Å². The number of amides is 1. The molecule has 0 radical (unpaired) electrons. The fourth-order valence-electron chi connectivity index (χ4n) is 3.78. The monoisotopic (exact) mass is 439 g/mol. The van der Waals surface area contributed by atoms with Crippen molar-refractivity contribution in [2.75, 3.05) is 30.6 Å². The molecule has 2 aliphatic rings. The predicted octanol–water partition coefficient (Wildman–Crippen LogP) is 3.15. The van der Waals surface area contributed by atoms with Crippen molar-refractivity contribution in [1.29, 1.82) is 0 Å². The molecule has 5 rings (SSSR count). The van der Waals surface area contributed by atoms with Crippen LogP contribution in [-0.2, 0) is 13.0 Å². The van der Waals surface area contributed by atoms with Crippen molar-refractivity contribution in [3.8, 4) is 11.6 Å². The molecule has 0 atom stereocenters. The lowest BCUT2D eigenvalue weighted by Crippen LogP contribution is -2.40. The van der Waals surface area contributed by atoms with Crippen molar-refractivity contribution in [2.24, 2.45) is 0 Å². The standard InChI is InChI=1S/C22H19F2N5O3/c1-31-15-7-17(23)19(18(24)8-15)29-11-32-20-16(21(29)30)10-26-22(28-20)27-14-3-2-12-4-5-25-9-13(12)6-14/h2-3,6-8,10,25H,4-5,9,11H2,1H3,(H,26,27,28). The number of rotatable bonds is 4. The van der Waals surface area contributed by atoms with Gasteiger partial charge in [-0.2, -0.15) is 4.98 Å². The molecular formula is C22H19F2N5O3. The number of hydrogen-bond acceptors (Lipinski definition) is 7. The molecular weight excluding hydrogens is 420 g/mol. The minimum Gasteiger partial charge on any atom is -0.497 e. The van der Waals surface area contributed by atoms with Crippen LogP contribution in [-0.4, -0.2) is 36.3 Å². The molecule has 0 aliphatic carbocycles. The molecule has 0 unspecified atom stereocenters. The molecule has 2 N–H and O–H groups in total. The fourth-order valence-corrected chi connectivity index (χ4v) is 3.78. The van der Waals surface area contributed by atoms with Crippen LogP contribution in [0.1, 0.15) is 21.5 Å². The zero-order chi connectivity index (χ0) is 22.2. The molecule has 3 heterocycles. The van der Waals surface area contributed by atoms with Crippen LogP contribution in [0.3, 0.4) is 0 Å². The van der Waals surface area contributed by atoms with Crippen molar-refractivity contribution in [3.05, 3.63) is 64.9 Å². The van der Waals surface area contributed by atoms with E-state index in [9.17, 15) is 13.6 Å². The second-order valence-electron chi connectivity index (χ2n) is 7.39. The van der Waals surface area contributed by atoms with Crippen LogP contribution in [0.25, 0.3) is 0 Å². The molecule has 2 aromatic carbocycles. The average Bonchev–Trinajstić information content (AvgIpc) is 2.80. The van der Waals surface area contributed by atoms with Gasteiger partial charge < -0.3 is 20.1 Å². The number of nitrogens with zero attached hydrogens (tertiary/aromatic N) is 3. The van der Waals surface area contributed by atoms with Gasteiger partial charge in [-0.3, -0.25) is 9.69 Å². The number of nitrogens with one attached hydrogen (secondary N) is 2. The smallest absolute Gasteiger partial charge is 0.268 e. The third-order valence-electron chi connectivity index (χ3n) is 5.40. The summed E-state index contributed by atoms with van der Waals surface area (Å²) in [5.74, 6) is -2.26. The molecule has 1 amide bonds. The molecule has 8 nitrogen and oxygen atoms in total. The molecule has 32 heavy (non-hydrogen) atoms. The van der Waals surface area contributed by atoms with Crippen molar-refractivity contribution in [2.45, 2.75) is 13.0 Å². The summed E-state index contributed by atoms with van der Waals surface area (Å²) in [5.41, 5.74) is 2.79. The first-order chi connectivity index (χ1) is 15.5. The number of aromatic nitrogens is 2. The van der Waals surface area contributed by atoms with Crippen molar-refractivity contribution in [3.63, 3.8) is 0 Å². The molecule has 0 saturated carbocycles. The summed E-state index contributed by atoms with van der Waals surface area (Å²) >= 11 is 0. The van der Waals surface area contributed by atoms with Crippen LogP contribution in [0.2, 0.25) is 0 Å². The van der Waals surface area contributed by atoms with Gasteiger partial charge >= 0.3 is 0 Å². The lowest BCUT2D eigenvalue weighted by atomic mass is 10.0. The first-order valence-corrected chi connectivity index (χ1v) is 9.98. The normalized spacial score (nSPS) is 15.0. The van der Waals surface area contributed by atoms with E-state index in [1.54, 1.807) is 0 Å². The minimum atomic E-state index is -0.941. The van der Waals surface area contributed by atoms with Gasteiger partial charge in [-0.15, -0.1) is 0 Å². The van der Waals surface area contributed by atoms with Gasteiger partial charge in [-0.05, 0) is 36.2 Å².